The molecule has 1 fully saturated rings. The van der Waals surface area contributed by atoms with Gasteiger partial charge in [-0.2, -0.15) is 0 Å². The van der Waals surface area contributed by atoms with E-state index in [9.17, 15) is 121 Å². The molecule has 1 aromatic heterocycles. The van der Waals surface area contributed by atoms with Gasteiger partial charge in [-0.1, -0.05) is 102 Å². The molecule has 0 saturated carbocycles. The van der Waals surface area contributed by atoms with Crippen molar-refractivity contribution in [2.24, 2.45) is 17.4 Å². The van der Waals surface area contributed by atoms with E-state index in [4.69, 9.17) is 21.9 Å². The quantitative estimate of drug-likeness (QED) is 0.0111. The third-order valence-corrected chi connectivity index (χ3v) is 18.6. The van der Waals surface area contributed by atoms with Crippen molar-refractivity contribution in [3.05, 3.63) is 65.9 Å². The number of para-hydroxylation sites is 2. The Kier molecular flexibility index (Phi) is 41.3. The number of fused-ring (bicyclic) bond motifs is 1. The summed E-state index contributed by atoms with van der Waals surface area (Å²) in [6, 6.07) is -10.5. The van der Waals surface area contributed by atoms with E-state index in [-0.39, 0.29) is 37.1 Å². The summed E-state index contributed by atoms with van der Waals surface area (Å²) in [6.45, 7) is 1.18. The zero-order valence-electron chi connectivity index (χ0n) is 65.7. The molecule has 0 bridgehead atoms. The molecular weight excluding hydrogens is 1550 g/mol. The van der Waals surface area contributed by atoms with E-state index in [0.29, 0.717) is 29.3 Å². The number of nitrogens with one attached hydrogen (secondary N) is 14. The van der Waals surface area contributed by atoms with Crippen molar-refractivity contribution < 1.29 is 126 Å². The van der Waals surface area contributed by atoms with E-state index >= 15 is 0 Å². The number of cyclic esters (lactones) is 1. The number of aliphatic hydroxyl groups excluding tert-OH is 1. The maximum absolute atomic E-state index is 14.9. The summed E-state index contributed by atoms with van der Waals surface area (Å²) >= 11 is 0. The number of amides is 14. The molecule has 3 aromatic rings. The fourth-order valence-corrected chi connectivity index (χ4v) is 12.3. The summed E-state index contributed by atoms with van der Waals surface area (Å²) in [7, 11) is 0. The first-order chi connectivity index (χ1) is 55.9. The van der Waals surface area contributed by atoms with Crippen LogP contribution in [0.15, 0.2) is 54.7 Å². The molecule has 1 aliphatic heterocycles. The number of carboxylic acids is 4. The van der Waals surface area contributed by atoms with Gasteiger partial charge in [-0.25, -0.2) is 4.79 Å². The summed E-state index contributed by atoms with van der Waals surface area (Å²) in [5, 5.41) is 78.8. The second-order valence-corrected chi connectivity index (χ2v) is 28.3. The number of esters is 1. The molecule has 4 rings (SSSR count). The lowest BCUT2D eigenvalue weighted by atomic mass is 9.96. The molecule has 0 unspecified atom stereocenters. The largest absolute Gasteiger partial charge is 0.481 e. The smallest absolute Gasteiger partial charge is 0.329 e. The Hall–Kier alpha value is -12.7. The number of aliphatic hydroxyl groups is 1. The lowest BCUT2D eigenvalue weighted by Crippen LogP contribution is -2.62. The average Bonchev–Trinajstić information content (AvgIpc) is 1.59. The normalized spacial score (nSPS) is 20.9. The van der Waals surface area contributed by atoms with E-state index in [1.54, 1.807) is 30.5 Å². The topological polar surface area (TPSA) is 702 Å². The number of primary amides is 1. The number of ether oxygens (including phenoxy) is 1. The van der Waals surface area contributed by atoms with Crippen molar-refractivity contribution in [1.82, 2.24) is 74.1 Å². The first-order valence-electron chi connectivity index (χ1n) is 38.3. The second kappa shape index (κ2) is 49.9. The van der Waals surface area contributed by atoms with Crippen LogP contribution in [0.4, 0.5) is 5.69 Å². The summed E-state index contributed by atoms with van der Waals surface area (Å²) in [5.74, 6) is -29.7. The van der Waals surface area contributed by atoms with E-state index in [2.05, 4.69) is 65.1 Å². The predicted molar refractivity (Wildman–Crippen MR) is 414 cm³/mol. The van der Waals surface area contributed by atoms with E-state index in [0.717, 1.165) is 72.1 Å². The van der Waals surface area contributed by atoms with Gasteiger partial charge in [-0.05, 0) is 69.3 Å². The molecule has 1 aliphatic rings. The lowest BCUT2D eigenvalue weighted by molar-refractivity contribution is -0.156. The van der Waals surface area contributed by atoms with Crippen molar-refractivity contribution in [2.45, 2.75) is 229 Å². The Balaban J connectivity index is 1.85. The van der Waals surface area contributed by atoms with Gasteiger partial charge in [0, 0.05) is 47.6 Å². The number of aromatic nitrogens is 1. The molecular formula is C75H107N17O26. The van der Waals surface area contributed by atoms with Gasteiger partial charge >= 0.3 is 29.8 Å². The Morgan fingerprint density at radius 1 is 0.534 bits per heavy atom. The number of carbonyl (C=O) groups is 20. The summed E-state index contributed by atoms with van der Waals surface area (Å²) in [5.41, 5.74) is 18.1. The molecule has 43 nitrogen and oxygen atoms in total. The minimum Gasteiger partial charge on any atom is -0.481 e. The summed E-state index contributed by atoms with van der Waals surface area (Å²) < 4.78 is 5.69. The Labute approximate surface area is 676 Å². The first kappa shape index (κ1) is 97.7. The number of hydrogen-bond donors (Lipinski definition) is 22. The van der Waals surface area contributed by atoms with Crippen LogP contribution in [0.3, 0.4) is 0 Å². The van der Waals surface area contributed by atoms with Gasteiger partial charge in [0.25, 0.3) is 0 Å². The SMILES string of the molecule is CCCCCCCCCCCCC(=O)N[C@@H](Cc1c[nH]c2ccccc12)C(=O)N[C@@H](CC(N)=O)C(=O)N[C@@H](CC(=O)O)C(=O)N[C@@H]1C(=O)NCC(=O)N[C@@H](CCCN)C(=O)N[C@H](CC(=O)O)C(=O)N[C@H](C)C(=O)N[C@@H](CC(=O)O)C(=O)NCC(=O)N[C@H](CO)C(=O)N[C@@H]([C@@H](C)CC(=O)O)C(=O)N[C@@H](CC(=O)c2ccccc2N)C(=O)O[C@@H]1C. The number of carboxylic acid groups (broad SMARTS) is 4. The molecule has 0 aliphatic carbocycles. The van der Waals surface area contributed by atoms with Gasteiger partial charge in [-0.3, -0.25) is 91.1 Å². The number of anilines is 1. The van der Waals surface area contributed by atoms with E-state index in [1.807, 2.05) is 16.0 Å². The number of ketones is 1. The van der Waals surface area contributed by atoms with Gasteiger partial charge in [0.1, 0.15) is 72.6 Å². The van der Waals surface area contributed by atoms with Crippen LogP contribution in [0.25, 0.3) is 10.9 Å². The van der Waals surface area contributed by atoms with E-state index < -0.39 is 261 Å². The molecule has 13 atom stereocenters. The zero-order valence-corrected chi connectivity index (χ0v) is 65.7. The molecule has 25 N–H and O–H groups in total. The van der Waals surface area contributed by atoms with Gasteiger partial charge < -0.3 is 122 Å². The minimum absolute atomic E-state index is 0.0159. The number of unbranched alkanes of at least 4 members (excludes halogenated alkanes) is 9. The fraction of sp³-hybridized carbons (Fsp3) is 0.547. The molecule has 648 valence electrons. The Morgan fingerprint density at radius 2 is 1.06 bits per heavy atom. The highest BCUT2D eigenvalue weighted by molar-refractivity contribution is 6.05. The monoisotopic (exact) mass is 1660 g/mol. The highest BCUT2D eigenvalue weighted by atomic mass is 16.5. The molecule has 0 radical (unpaired) electrons. The van der Waals surface area contributed by atoms with Crippen molar-refractivity contribution in [3.63, 3.8) is 0 Å². The van der Waals surface area contributed by atoms with Crippen LogP contribution in [0.1, 0.15) is 166 Å². The number of benzene rings is 2. The summed E-state index contributed by atoms with van der Waals surface area (Å²) in [4.78, 5) is 277. The van der Waals surface area contributed by atoms with Crippen LogP contribution in [-0.2, 0) is 102 Å². The average molecular weight is 1660 g/mol. The molecule has 2 aromatic carbocycles. The maximum atomic E-state index is 14.9. The van der Waals surface area contributed by atoms with Crippen molar-refractivity contribution in [2.75, 3.05) is 32.0 Å². The number of carbonyl (C=O) groups excluding carboxylic acids is 16. The second-order valence-electron chi connectivity index (χ2n) is 28.3. The molecule has 14 amide bonds. The number of nitrogens with two attached hydrogens (primary N) is 3. The van der Waals surface area contributed by atoms with Crippen LogP contribution in [0.2, 0.25) is 0 Å². The van der Waals surface area contributed by atoms with Gasteiger partial charge in [-0.15, -0.1) is 0 Å². The molecule has 2 heterocycles. The highest BCUT2D eigenvalue weighted by Crippen LogP contribution is 2.22. The summed E-state index contributed by atoms with van der Waals surface area (Å²) in [6.07, 6.45) is 1.30. The predicted octanol–water partition coefficient (Wildman–Crippen LogP) is -4.45. The molecule has 0 spiro atoms. The minimum atomic E-state index is -2.45. The number of rotatable bonds is 38. The highest BCUT2D eigenvalue weighted by Gasteiger charge is 2.41. The van der Waals surface area contributed by atoms with Crippen LogP contribution < -0.4 is 86.3 Å². The first-order valence-corrected chi connectivity index (χ1v) is 38.3. The van der Waals surface area contributed by atoms with Crippen molar-refractivity contribution in [3.8, 4) is 0 Å². The van der Waals surface area contributed by atoms with Crippen LogP contribution in [0, 0.1) is 5.92 Å². The van der Waals surface area contributed by atoms with Crippen LogP contribution >= 0.6 is 0 Å². The number of aromatic amines is 1. The maximum Gasteiger partial charge on any atom is 0.329 e. The van der Waals surface area contributed by atoms with Gasteiger partial charge in [0.05, 0.1) is 51.8 Å². The van der Waals surface area contributed by atoms with E-state index in [1.165, 1.54) is 24.3 Å². The number of nitrogen functional groups attached to an aromatic ring is 1. The molecule has 118 heavy (non-hydrogen) atoms. The zero-order chi connectivity index (χ0) is 87.9. The molecule has 1 saturated heterocycles. The third-order valence-electron chi connectivity index (χ3n) is 18.6. The van der Waals surface area contributed by atoms with Gasteiger partial charge in [0.2, 0.25) is 82.7 Å². The lowest BCUT2D eigenvalue weighted by Gasteiger charge is -2.30. The van der Waals surface area contributed by atoms with Crippen molar-refractivity contribution >= 4 is 135 Å². The number of hydrogen-bond acceptors (Lipinski definition) is 24. The standard InChI is InChI=1S/C75H107N17O26/c1-5-6-7-8-9-10-11-12-13-14-25-56(96)84-47(28-41-34-79-45-23-18-16-20-42(41)45)69(111)87-48(30-55(78)95)70(112)89-51(33-62(105)106)71(113)92-64-40(4)118-75(117)52(29-54(94)43-21-15-17-22-44(43)77)90-74(116)63(38(2)27-59(99)100)91-72(114)53(37-93)85-58(98)35-80-66(108)49(31-60(101)102)86-65(107)39(3)82-68(110)50(32-61(103)104)88-67(109)46(24-19-26-76)83-57(97)36-81-73(64)115/h15-18,20-23,34,38-40,46-53,63-64,79,93H,5-14,19,24-33,35-37,76-77H2,1-4H3,(H2,78,95)(H,80,108)(H,81,115)(H,82,110)(H,83,97)(H,84,96)(H,85,98)(H,86,107)(H,87,111)(H,88,109)(H,89,112)(H,90,116)(H,91,114)(H,92,113)(H,99,100)(H,101,102)(H,103,104)(H,105,106)/t38-,39+,40+,46-,47-,48-,49-,50+,51-,52-,53+,63-,64-/m0/s1. The Bertz CT molecular complexity index is 4100. The third kappa shape index (κ3) is 34.0. The fourth-order valence-electron chi connectivity index (χ4n) is 12.3. The van der Waals surface area contributed by atoms with Gasteiger partial charge in [0.15, 0.2) is 5.78 Å². The molecule has 43 heteroatoms. The Morgan fingerprint density at radius 3 is 1.64 bits per heavy atom. The van der Waals surface area contributed by atoms with Crippen molar-refractivity contribution in [1.29, 1.82) is 0 Å². The number of H-pyrrole nitrogens is 1. The number of aliphatic carboxylic acids is 4. The van der Waals surface area contributed by atoms with Crippen LogP contribution in [-0.4, -0.2) is 248 Å². The van der Waals surface area contributed by atoms with Crippen LogP contribution in [0.5, 0.6) is 0 Å². The number of Topliss-reactive ketones (excluding diaryl/α,β-unsaturated/α-hetero) is 1.